The molecule has 0 spiro atoms. The number of methoxy groups -OCH3 is 1. The fourth-order valence-electron chi connectivity index (χ4n) is 1.19. The molecule has 13 heavy (non-hydrogen) atoms. The van der Waals surface area contributed by atoms with Gasteiger partial charge in [0.05, 0.1) is 7.11 Å². The molecule has 0 saturated heterocycles. The van der Waals surface area contributed by atoms with Crippen molar-refractivity contribution in [2.45, 2.75) is 19.8 Å². The molecule has 2 nitrogen and oxygen atoms in total. The molecule has 2 heteroatoms. The lowest BCUT2D eigenvalue weighted by atomic mass is 10.0. The van der Waals surface area contributed by atoms with Crippen LogP contribution in [-0.2, 0) is 0 Å². The van der Waals surface area contributed by atoms with Gasteiger partial charge in [0, 0.05) is 0 Å². The molecule has 0 atom stereocenters. The molecule has 70 valence electrons. The highest BCUT2D eigenvalue weighted by molar-refractivity contribution is 5.57. The van der Waals surface area contributed by atoms with Gasteiger partial charge >= 0.3 is 0 Å². The van der Waals surface area contributed by atoms with Crippen molar-refractivity contribution in [3.8, 4) is 5.75 Å². The molecule has 0 N–H and O–H groups in total. The Bertz CT molecular complexity index is 305. The first-order valence-corrected chi connectivity index (χ1v) is 4.33. The van der Waals surface area contributed by atoms with Crippen molar-refractivity contribution in [3.63, 3.8) is 0 Å². The number of hydrogen-bond acceptors (Lipinski definition) is 2. The van der Waals surface area contributed by atoms with Crippen LogP contribution in [0.2, 0.25) is 0 Å². The van der Waals surface area contributed by atoms with E-state index in [9.17, 15) is 0 Å². The summed E-state index contributed by atoms with van der Waals surface area (Å²) in [4.78, 5) is 3.91. The van der Waals surface area contributed by atoms with Gasteiger partial charge in [-0.2, -0.15) is 0 Å². The van der Waals surface area contributed by atoms with Gasteiger partial charge in [0.2, 0.25) is 0 Å². The average Bonchev–Trinajstić information content (AvgIpc) is 2.16. The summed E-state index contributed by atoms with van der Waals surface area (Å²) in [5.74, 6) is 1.28. The van der Waals surface area contributed by atoms with Gasteiger partial charge < -0.3 is 4.74 Å². The fourth-order valence-corrected chi connectivity index (χ4v) is 1.19. The Morgan fingerprint density at radius 3 is 2.54 bits per heavy atom. The van der Waals surface area contributed by atoms with Crippen molar-refractivity contribution in [2.75, 3.05) is 7.11 Å². The minimum absolute atomic E-state index is 0.506. The van der Waals surface area contributed by atoms with E-state index in [1.807, 2.05) is 12.1 Å². The van der Waals surface area contributed by atoms with E-state index in [-0.39, 0.29) is 0 Å². The maximum atomic E-state index is 5.14. The van der Waals surface area contributed by atoms with Crippen LogP contribution in [0.4, 0.5) is 5.69 Å². The summed E-state index contributed by atoms with van der Waals surface area (Å²) in [6.45, 7) is 7.80. The smallest absolute Gasteiger partial charge is 0.144 e. The second-order valence-corrected chi connectivity index (χ2v) is 3.24. The number of hydrogen-bond donors (Lipinski definition) is 0. The first kappa shape index (κ1) is 9.78. The van der Waals surface area contributed by atoms with E-state index in [2.05, 4.69) is 31.6 Å². The molecule has 1 aromatic carbocycles. The van der Waals surface area contributed by atoms with Gasteiger partial charge in [0.25, 0.3) is 0 Å². The molecule has 0 amide bonds. The summed E-state index contributed by atoms with van der Waals surface area (Å²) in [5, 5.41) is 0. The fraction of sp³-hybridized carbons (Fsp3) is 0.364. The Labute approximate surface area is 79.3 Å². The minimum atomic E-state index is 0.506. The second kappa shape index (κ2) is 4.08. The number of ether oxygens (including phenoxy) is 1. The highest BCUT2D eigenvalue weighted by Gasteiger charge is 2.04. The molecule has 0 heterocycles. The van der Waals surface area contributed by atoms with Crippen LogP contribution in [0.3, 0.4) is 0 Å². The maximum Gasteiger partial charge on any atom is 0.144 e. The molecule has 1 rings (SSSR count). The number of nitrogens with zero attached hydrogens (tertiary/aromatic N) is 1. The highest BCUT2D eigenvalue weighted by Crippen LogP contribution is 2.30. The normalized spacial score (nSPS) is 10.2. The lowest BCUT2D eigenvalue weighted by Crippen LogP contribution is -1.89. The second-order valence-electron chi connectivity index (χ2n) is 3.24. The van der Waals surface area contributed by atoms with Crippen LogP contribution >= 0.6 is 0 Å². The molecular weight excluding hydrogens is 162 g/mol. The number of rotatable bonds is 3. The molecule has 0 fully saturated rings. The van der Waals surface area contributed by atoms with E-state index in [4.69, 9.17) is 4.74 Å². The maximum absolute atomic E-state index is 5.14. The molecule has 0 bridgehead atoms. The minimum Gasteiger partial charge on any atom is -0.494 e. The number of aliphatic imine (C=N–C) groups is 1. The standard InChI is InChI=1S/C11H15NO/c1-8(2)9-5-6-11(13-4)10(7-9)12-3/h5-8H,3H2,1-2,4H3. The average molecular weight is 177 g/mol. The van der Waals surface area contributed by atoms with Crippen LogP contribution in [0.25, 0.3) is 0 Å². The first-order chi connectivity index (χ1) is 6.19. The Morgan fingerprint density at radius 2 is 2.08 bits per heavy atom. The van der Waals surface area contributed by atoms with Crippen LogP contribution in [0.5, 0.6) is 5.75 Å². The van der Waals surface area contributed by atoms with Gasteiger partial charge in [-0.25, -0.2) is 0 Å². The number of benzene rings is 1. The zero-order chi connectivity index (χ0) is 9.84. The van der Waals surface area contributed by atoms with E-state index in [1.54, 1.807) is 7.11 Å². The summed E-state index contributed by atoms with van der Waals surface area (Å²) in [6, 6.07) is 5.99. The SMILES string of the molecule is C=Nc1cc(C(C)C)ccc1OC. The summed E-state index contributed by atoms with van der Waals surface area (Å²) < 4.78 is 5.14. The van der Waals surface area contributed by atoms with E-state index in [0.717, 1.165) is 11.4 Å². The Morgan fingerprint density at radius 1 is 1.38 bits per heavy atom. The van der Waals surface area contributed by atoms with E-state index in [1.165, 1.54) is 5.56 Å². The van der Waals surface area contributed by atoms with Crippen LogP contribution in [-0.4, -0.2) is 13.8 Å². The Kier molecular flexibility index (Phi) is 3.07. The zero-order valence-electron chi connectivity index (χ0n) is 8.37. The van der Waals surface area contributed by atoms with Crippen molar-refractivity contribution in [3.05, 3.63) is 23.8 Å². The van der Waals surface area contributed by atoms with E-state index >= 15 is 0 Å². The monoisotopic (exact) mass is 177 g/mol. The molecule has 0 aliphatic heterocycles. The van der Waals surface area contributed by atoms with Crippen molar-refractivity contribution in [1.29, 1.82) is 0 Å². The molecule has 0 aromatic heterocycles. The van der Waals surface area contributed by atoms with Gasteiger partial charge in [0.15, 0.2) is 0 Å². The molecule has 0 aliphatic carbocycles. The van der Waals surface area contributed by atoms with Crippen LogP contribution < -0.4 is 4.74 Å². The van der Waals surface area contributed by atoms with Crippen molar-refractivity contribution >= 4 is 12.4 Å². The molecule has 1 aromatic rings. The highest BCUT2D eigenvalue weighted by atomic mass is 16.5. The lowest BCUT2D eigenvalue weighted by molar-refractivity contribution is 0.416. The van der Waals surface area contributed by atoms with Crippen LogP contribution in [0.1, 0.15) is 25.3 Å². The zero-order valence-corrected chi connectivity index (χ0v) is 8.37. The van der Waals surface area contributed by atoms with Gasteiger partial charge in [-0.3, -0.25) is 4.99 Å². The van der Waals surface area contributed by atoms with Crippen LogP contribution in [0.15, 0.2) is 23.2 Å². The van der Waals surface area contributed by atoms with Crippen molar-refractivity contribution in [2.24, 2.45) is 4.99 Å². The quantitative estimate of drug-likeness (QED) is 0.650. The van der Waals surface area contributed by atoms with Crippen molar-refractivity contribution in [1.82, 2.24) is 0 Å². The van der Waals surface area contributed by atoms with E-state index < -0.39 is 0 Å². The largest absolute Gasteiger partial charge is 0.494 e. The third-order valence-corrected chi connectivity index (χ3v) is 2.04. The molecule has 0 radical (unpaired) electrons. The first-order valence-electron chi connectivity index (χ1n) is 4.33. The topological polar surface area (TPSA) is 21.6 Å². The summed E-state index contributed by atoms with van der Waals surface area (Å²) in [6.07, 6.45) is 0. The molecular formula is C11H15NO. The summed E-state index contributed by atoms with van der Waals surface area (Å²) in [7, 11) is 1.64. The summed E-state index contributed by atoms with van der Waals surface area (Å²) in [5.41, 5.74) is 2.07. The lowest BCUT2D eigenvalue weighted by Gasteiger charge is -2.09. The van der Waals surface area contributed by atoms with Gasteiger partial charge in [-0.15, -0.1) is 0 Å². The van der Waals surface area contributed by atoms with Crippen LogP contribution in [0, 0.1) is 0 Å². The molecule has 0 saturated carbocycles. The molecule has 0 aliphatic rings. The predicted molar refractivity (Wildman–Crippen MR) is 56.3 cm³/mol. The third-order valence-electron chi connectivity index (χ3n) is 2.04. The molecule has 0 unspecified atom stereocenters. The Hall–Kier alpha value is -1.31. The Balaban J connectivity index is 3.13. The van der Waals surface area contributed by atoms with Gasteiger partial charge in [-0.1, -0.05) is 19.9 Å². The third kappa shape index (κ3) is 2.08. The van der Waals surface area contributed by atoms with Gasteiger partial charge in [0.1, 0.15) is 11.4 Å². The predicted octanol–water partition coefficient (Wildman–Crippen LogP) is 3.15. The van der Waals surface area contributed by atoms with Gasteiger partial charge in [-0.05, 0) is 30.3 Å². The van der Waals surface area contributed by atoms with E-state index in [0.29, 0.717) is 5.92 Å². The van der Waals surface area contributed by atoms with Crippen molar-refractivity contribution < 1.29 is 4.74 Å². The summed E-state index contributed by atoms with van der Waals surface area (Å²) >= 11 is 0.